The summed E-state index contributed by atoms with van der Waals surface area (Å²) in [5.41, 5.74) is -0.0433. The van der Waals surface area contributed by atoms with Crippen LogP contribution in [0.1, 0.15) is 24.0 Å². The van der Waals surface area contributed by atoms with E-state index in [1.807, 2.05) is 0 Å². The molecule has 0 bridgehead atoms. The first-order valence-electron chi connectivity index (χ1n) is 6.96. The van der Waals surface area contributed by atoms with Crippen molar-refractivity contribution in [1.82, 2.24) is 0 Å². The Labute approximate surface area is 127 Å². The minimum atomic E-state index is -4.39. The van der Waals surface area contributed by atoms with Crippen molar-refractivity contribution < 1.29 is 17.9 Å². The Morgan fingerprint density at radius 3 is 2.62 bits per heavy atom. The number of alkyl halides is 4. The van der Waals surface area contributed by atoms with Crippen LogP contribution >= 0.6 is 11.6 Å². The van der Waals surface area contributed by atoms with Crippen LogP contribution in [0.25, 0.3) is 0 Å². The zero-order valence-electron chi connectivity index (χ0n) is 11.9. The van der Waals surface area contributed by atoms with Gasteiger partial charge in [0.1, 0.15) is 0 Å². The van der Waals surface area contributed by atoms with E-state index >= 15 is 0 Å². The molecule has 0 unspecified atom stereocenters. The van der Waals surface area contributed by atoms with Gasteiger partial charge in [-0.3, -0.25) is 0 Å². The maximum Gasteiger partial charge on any atom is 0.416 e. The minimum absolute atomic E-state index is 0.103. The molecule has 0 amide bonds. The summed E-state index contributed by atoms with van der Waals surface area (Å²) in [5, 5.41) is 0. The van der Waals surface area contributed by atoms with Crippen LogP contribution in [-0.4, -0.2) is 26.8 Å². The first-order chi connectivity index (χ1) is 9.91. The maximum absolute atomic E-state index is 13.0. The summed E-state index contributed by atoms with van der Waals surface area (Å²) in [6.07, 6.45) is -1.93. The molecule has 21 heavy (non-hydrogen) atoms. The lowest BCUT2D eigenvalue weighted by Crippen LogP contribution is -2.23. The Kier molecular flexibility index (Phi) is 5.38. The molecule has 0 spiro atoms. The van der Waals surface area contributed by atoms with E-state index in [-0.39, 0.29) is 11.4 Å². The molecule has 1 aromatic rings. The molecule has 1 fully saturated rings. The standard InChI is InChI=1S/C15H19ClF3NO/c1-20(6-7-21-10-11-2-3-11)13-5-4-12(9-16)14(8-13)15(17,18)19/h4-5,8,11H,2-3,6-7,9-10H2,1H3. The molecular weight excluding hydrogens is 303 g/mol. The van der Waals surface area contributed by atoms with Gasteiger partial charge in [-0.05, 0) is 36.5 Å². The lowest BCUT2D eigenvalue weighted by atomic mass is 10.1. The molecule has 0 radical (unpaired) electrons. The van der Waals surface area contributed by atoms with Gasteiger partial charge in [-0.1, -0.05) is 6.07 Å². The number of hydrogen-bond donors (Lipinski definition) is 0. The fourth-order valence-electron chi connectivity index (χ4n) is 2.05. The second-order valence-corrected chi connectivity index (χ2v) is 5.68. The van der Waals surface area contributed by atoms with Crippen LogP contribution in [-0.2, 0) is 16.8 Å². The molecule has 1 aliphatic rings. The Hall–Kier alpha value is -0.940. The molecule has 2 nitrogen and oxygen atoms in total. The first-order valence-corrected chi connectivity index (χ1v) is 7.50. The Bertz CT molecular complexity index is 474. The molecule has 0 atom stereocenters. The van der Waals surface area contributed by atoms with Crippen molar-refractivity contribution in [1.29, 1.82) is 0 Å². The number of ether oxygens (including phenoxy) is 1. The average molecular weight is 322 g/mol. The normalized spacial score (nSPS) is 15.3. The van der Waals surface area contributed by atoms with Gasteiger partial charge in [-0.25, -0.2) is 0 Å². The molecule has 0 N–H and O–H groups in total. The molecule has 1 aromatic carbocycles. The summed E-state index contributed by atoms with van der Waals surface area (Å²) in [7, 11) is 1.76. The summed E-state index contributed by atoms with van der Waals surface area (Å²) in [4.78, 5) is 1.76. The van der Waals surface area contributed by atoms with Gasteiger partial charge >= 0.3 is 6.18 Å². The van der Waals surface area contributed by atoms with Crippen LogP contribution in [0.3, 0.4) is 0 Å². The van der Waals surface area contributed by atoms with E-state index in [2.05, 4.69) is 0 Å². The van der Waals surface area contributed by atoms with Crippen LogP contribution in [0.15, 0.2) is 18.2 Å². The smallest absolute Gasteiger partial charge is 0.379 e. The van der Waals surface area contributed by atoms with Crippen LogP contribution in [0.2, 0.25) is 0 Å². The minimum Gasteiger partial charge on any atom is -0.379 e. The molecule has 0 saturated heterocycles. The fourth-order valence-corrected chi connectivity index (χ4v) is 2.28. The zero-order valence-corrected chi connectivity index (χ0v) is 12.7. The predicted octanol–water partition coefficient (Wildman–Crippen LogP) is 4.31. The highest BCUT2D eigenvalue weighted by Crippen LogP contribution is 2.35. The summed E-state index contributed by atoms with van der Waals surface area (Å²) in [6.45, 7) is 1.84. The van der Waals surface area contributed by atoms with Gasteiger partial charge in [-0.15, -0.1) is 11.6 Å². The topological polar surface area (TPSA) is 12.5 Å². The van der Waals surface area contributed by atoms with Gasteiger partial charge in [0.2, 0.25) is 0 Å². The zero-order chi connectivity index (χ0) is 15.5. The predicted molar refractivity (Wildman–Crippen MR) is 77.8 cm³/mol. The number of likely N-dealkylation sites (N-methyl/N-ethyl adjacent to an activating group) is 1. The van der Waals surface area contributed by atoms with Crippen molar-refractivity contribution in [2.24, 2.45) is 5.92 Å². The number of benzene rings is 1. The van der Waals surface area contributed by atoms with Gasteiger partial charge < -0.3 is 9.64 Å². The Balaban J connectivity index is 1.97. The van der Waals surface area contributed by atoms with E-state index in [1.54, 1.807) is 18.0 Å². The van der Waals surface area contributed by atoms with Crippen LogP contribution in [0.4, 0.5) is 18.9 Å². The van der Waals surface area contributed by atoms with Gasteiger partial charge in [0.25, 0.3) is 0 Å². The first kappa shape index (κ1) is 16.4. The summed E-state index contributed by atoms with van der Waals surface area (Å²) >= 11 is 5.57. The molecule has 1 aliphatic carbocycles. The summed E-state index contributed by atoms with van der Waals surface area (Å²) in [5.74, 6) is 0.540. The van der Waals surface area contributed by atoms with Gasteiger partial charge in [-0.2, -0.15) is 13.2 Å². The molecule has 6 heteroatoms. The number of halogens is 4. The number of hydrogen-bond acceptors (Lipinski definition) is 2. The molecule has 0 aliphatic heterocycles. The molecule has 0 heterocycles. The van der Waals surface area contributed by atoms with Crippen LogP contribution < -0.4 is 4.90 Å². The van der Waals surface area contributed by atoms with Crippen molar-refractivity contribution in [3.05, 3.63) is 29.3 Å². The highest BCUT2D eigenvalue weighted by molar-refractivity contribution is 6.17. The van der Waals surface area contributed by atoms with Gasteiger partial charge in [0.05, 0.1) is 12.2 Å². The third-order valence-corrected chi connectivity index (χ3v) is 3.89. The number of nitrogens with zero attached hydrogens (tertiary/aromatic N) is 1. The Morgan fingerprint density at radius 2 is 2.05 bits per heavy atom. The fraction of sp³-hybridized carbons (Fsp3) is 0.600. The second-order valence-electron chi connectivity index (χ2n) is 5.41. The summed E-state index contributed by atoms with van der Waals surface area (Å²) in [6, 6.07) is 4.25. The number of anilines is 1. The van der Waals surface area contributed by atoms with Gasteiger partial charge in [0, 0.05) is 31.8 Å². The Morgan fingerprint density at radius 1 is 1.33 bits per heavy atom. The van der Waals surface area contributed by atoms with E-state index in [1.165, 1.54) is 18.9 Å². The van der Waals surface area contributed by atoms with Crippen LogP contribution in [0, 0.1) is 5.92 Å². The maximum atomic E-state index is 13.0. The summed E-state index contributed by atoms with van der Waals surface area (Å²) < 4.78 is 44.4. The molecule has 2 rings (SSSR count). The van der Waals surface area contributed by atoms with Crippen molar-refractivity contribution in [3.63, 3.8) is 0 Å². The largest absolute Gasteiger partial charge is 0.416 e. The van der Waals surface area contributed by atoms with E-state index in [4.69, 9.17) is 16.3 Å². The van der Waals surface area contributed by atoms with Crippen molar-refractivity contribution in [2.45, 2.75) is 24.9 Å². The lowest BCUT2D eigenvalue weighted by Gasteiger charge is -2.21. The third-order valence-electron chi connectivity index (χ3n) is 3.61. The van der Waals surface area contributed by atoms with E-state index in [0.717, 1.165) is 12.7 Å². The number of rotatable bonds is 7. The lowest BCUT2D eigenvalue weighted by molar-refractivity contribution is -0.138. The molecule has 1 saturated carbocycles. The highest BCUT2D eigenvalue weighted by atomic mass is 35.5. The van der Waals surface area contributed by atoms with Gasteiger partial charge in [0.15, 0.2) is 0 Å². The average Bonchev–Trinajstić information content (AvgIpc) is 3.26. The van der Waals surface area contributed by atoms with Crippen molar-refractivity contribution in [3.8, 4) is 0 Å². The van der Waals surface area contributed by atoms with E-state index < -0.39 is 11.7 Å². The SMILES string of the molecule is CN(CCOCC1CC1)c1ccc(CCl)c(C(F)(F)F)c1. The highest BCUT2D eigenvalue weighted by Gasteiger charge is 2.33. The van der Waals surface area contributed by atoms with E-state index in [0.29, 0.717) is 24.8 Å². The quantitative estimate of drug-likeness (QED) is 0.548. The van der Waals surface area contributed by atoms with E-state index in [9.17, 15) is 13.2 Å². The van der Waals surface area contributed by atoms with Crippen LogP contribution in [0.5, 0.6) is 0 Å². The monoisotopic (exact) mass is 321 g/mol. The molecule has 0 aromatic heterocycles. The third kappa shape index (κ3) is 4.78. The van der Waals surface area contributed by atoms with Crippen molar-refractivity contribution in [2.75, 3.05) is 31.7 Å². The second kappa shape index (κ2) is 6.88. The molecular formula is C15H19ClF3NO. The van der Waals surface area contributed by atoms with Crippen molar-refractivity contribution >= 4 is 17.3 Å². The molecule has 118 valence electrons.